The second-order valence-corrected chi connectivity index (χ2v) is 18.5. The monoisotopic (exact) mass is 560 g/mol. The quantitative estimate of drug-likeness (QED) is 0.175. The van der Waals surface area contributed by atoms with Crippen LogP contribution in [0.15, 0.2) is 23.2 Å². The second-order valence-electron chi connectivity index (χ2n) is 11.5. The highest BCUT2D eigenvalue weighted by atomic mass is 32.2. The summed E-state index contributed by atoms with van der Waals surface area (Å²) in [5, 5.41) is -0.0808. The van der Waals surface area contributed by atoms with Gasteiger partial charge in [-0.15, -0.1) is 0 Å². The number of fused-ring (bicyclic) bond motifs is 1. The lowest BCUT2D eigenvalue weighted by atomic mass is 9.84. The minimum Gasteiger partial charge on any atom is -0.468 e. The lowest BCUT2D eigenvalue weighted by molar-refractivity contribution is -0.141. The van der Waals surface area contributed by atoms with Crippen LogP contribution in [0.1, 0.15) is 32.8 Å². The molecule has 7 nitrogen and oxygen atoms in total. The van der Waals surface area contributed by atoms with Crippen LogP contribution in [0.5, 0.6) is 0 Å². The largest absolute Gasteiger partial charge is 0.468 e. The average molecular weight is 561 g/mol. The van der Waals surface area contributed by atoms with Crippen molar-refractivity contribution in [2.75, 3.05) is 27.1 Å². The first kappa shape index (κ1) is 29.5. The molecule has 2 aliphatic rings. The summed E-state index contributed by atoms with van der Waals surface area (Å²) in [6.07, 6.45) is -0.714. The molecule has 1 amide bonds. The molecule has 3 rings (SSSR count). The molecule has 1 aromatic carbocycles. The Morgan fingerprint density at radius 1 is 1.24 bits per heavy atom. The average Bonchev–Trinajstić information content (AvgIpc) is 3.54. The number of amidine groups is 1. The fourth-order valence-corrected chi connectivity index (χ4v) is 6.50. The minimum absolute atomic E-state index is 0.0808. The molecule has 3 atom stereocenters. The van der Waals surface area contributed by atoms with Gasteiger partial charge in [-0.2, -0.15) is 0 Å². The highest BCUT2D eigenvalue weighted by Crippen LogP contribution is 2.67. The summed E-state index contributed by atoms with van der Waals surface area (Å²) in [4.78, 5) is 31.8. The predicted octanol–water partition coefficient (Wildman–Crippen LogP) is 5.71. The number of methoxy groups -OCH3 is 1. The Labute approximate surface area is 221 Å². The number of benzene rings is 1. The van der Waals surface area contributed by atoms with Crippen molar-refractivity contribution in [3.05, 3.63) is 35.4 Å². The number of aliphatic imine (C=N–C) groups is 1. The van der Waals surface area contributed by atoms with E-state index in [2.05, 4.69) is 24.6 Å². The number of nitrogens with zero attached hydrogens (tertiary/aromatic N) is 2. The van der Waals surface area contributed by atoms with Crippen molar-refractivity contribution in [1.29, 1.82) is 0 Å². The van der Waals surface area contributed by atoms with Gasteiger partial charge in [-0.25, -0.2) is 27.9 Å². The van der Waals surface area contributed by atoms with Crippen molar-refractivity contribution < 1.29 is 37.0 Å². The fraction of sp³-hybridized carbons (Fsp3) is 0.640. The highest BCUT2D eigenvalue weighted by Gasteiger charge is 2.74. The molecule has 1 aliphatic carbocycles. The molecule has 0 radical (unpaired) electrons. The number of rotatable bonds is 8. The summed E-state index contributed by atoms with van der Waals surface area (Å²) in [5.41, 5.74) is -3.14. The van der Waals surface area contributed by atoms with Gasteiger partial charge in [-0.1, -0.05) is 43.5 Å². The normalized spacial score (nSPS) is 25.1. The number of esters is 1. The Balaban J connectivity index is 2.10. The van der Waals surface area contributed by atoms with Crippen LogP contribution in [0.2, 0.25) is 25.7 Å². The van der Waals surface area contributed by atoms with E-state index in [4.69, 9.17) is 14.2 Å². The zero-order valence-corrected chi connectivity index (χ0v) is 24.1. The van der Waals surface area contributed by atoms with Gasteiger partial charge in [-0.05, 0) is 39.3 Å². The molecule has 206 valence electrons. The second kappa shape index (κ2) is 10.6. The third-order valence-corrected chi connectivity index (χ3v) is 9.45. The molecule has 37 heavy (non-hydrogen) atoms. The maximum absolute atomic E-state index is 15.0. The molecular weight excluding hydrogens is 525 g/mol. The highest BCUT2D eigenvalue weighted by molar-refractivity contribution is 8.15. The third-order valence-electron chi connectivity index (χ3n) is 6.27. The van der Waals surface area contributed by atoms with Crippen LogP contribution in [0.4, 0.5) is 18.0 Å². The molecule has 0 bridgehead atoms. The molecule has 1 heterocycles. The van der Waals surface area contributed by atoms with Crippen LogP contribution in [0.25, 0.3) is 0 Å². The molecule has 1 unspecified atom stereocenters. The number of carbonyl (C=O) groups is 2. The van der Waals surface area contributed by atoms with Crippen LogP contribution in [-0.4, -0.2) is 67.7 Å². The maximum Gasteiger partial charge on any atom is 0.418 e. The molecule has 0 saturated heterocycles. The van der Waals surface area contributed by atoms with E-state index < -0.39 is 60.3 Å². The Morgan fingerprint density at radius 2 is 1.92 bits per heavy atom. The number of hydrogen-bond donors (Lipinski definition) is 0. The van der Waals surface area contributed by atoms with Gasteiger partial charge in [-0.3, -0.25) is 4.79 Å². The van der Waals surface area contributed by atoms with Crippen molar-refractivity contribution in [3.63, 3.8) is 0 Å². The first-order valence-corrected chi connectivity index (χ1v) is 16.6. The van der Waals surface area contributed by atoms with Gasteiger partial charge in [0.05, 0.1) is 7.11 Å². The van der Waals surface area contributed by atoms with E-state index in [1.54, 1.807) is 20.8 Å². The number of thioether (sulfide) groups is 1. The van der Waals surface area contributed by atoms with Gasteiger partial charge < -0.3 is 14.2 Å². The third kappa shape index (κ3) is 6.17. The van der Waals surface area contributed by atoms with Gasteiger partial charge in [0.1, 0.15) is 29.3 Å². The standard InChI is InChI=1S/C25H35F3N2O5SSi/c1-23(2,3)35-22(32)30(15-34-11-12-37(5,6)7)21-29-24(14-26,16-9-8-10-17(27)19(16)28)18-13-25(18,36-21)20(31)33-4/h8-10,18H,11-15H2,1-7H3/t18?,24-,25+/m1/s1. The number of halogens is 3. The molecule has 1 aromatic rings. The first-order valence-electron chi connectivity index (χ1n) is 12.1. The van der Waals surface area contributed by atoms with E-state index in [1.807, 2.05) is 0 Å². The van der Waals surface area contributed by atoms with Crippen molar-refractivity contribution in [1.82, 2.24) is 4.90 Å². The van der Waals surface area contributed by atoms with Gasteiger partial charge in [0.2, 0.25) is 0 Å². The Bertz CT molecular complexity index is 1080. The van der Waals surface area contributed by atoms with Gasteiger partial charge in [0, 0.05) is 26.2 Å². The van der Waals surface area contributed by atoms with E-state index in [-0.39, 0.29) is 23.9 Å². The summed E-state index contributed by atoms with van der Waals surface area (Å²) in [6, 6.07) is 4.26. The molecule has 0 aromatic heterocycles. The molecule has 1 saturated carbocycles. The van der Waals surface area contributed by atoms with E-state index in [9.17, 15) is 18.4 Å². The van der Waals surface area contributed by atoms with Crippen LogP contribution < -0.4 is 0 Å². The summed E-state index contributed by atoms with van der Waals surface area (Å²) >= 11 is 0.935. The number of alkyl halides is 1. The van der Waals surface area contributed by atoms with Crippen molar-refractivity contribution in [3.8, 4) is 0 Å². The van der Waals surface area contributed by atoms with Crippen LogP contribution >= 0.6 is 11.8 Å². The van der Waals surface area contributed by atoms with E-state index >= 15 is 4.39 Å². The fourth-order valence-electron chi connectivity index (χ4n) is 4.22. The summed E-state index contributed by atoms with van der Waals surface area (Å²) in [5.74, 6) is -3.89. The smallest absolute Gasteiger partial charge is 0.418 e. The zero-order chi connectivity index (χ0) is 27.8. The first-order chi connectivity index (χ1) is 17.1. The van der Waals surface area contributed by atoms with Crippen LogP contribution in [0, 0.1) is 17.6 Å². The van der Waals surface area contributed by atoms with E-state index in [1.165, 1.54) is 19.2 Å². The van der Waals surface area contributed by atoms with Gasteiger partial charge in [0.25, 0.3) is 0 Å². The van der Waals surface area contributed by atoms with Crippen molar-refractivity contribution in [2.45, 2.75) is 68.8 Å². The Morgan fingerprint density at radius 3 is 2.49 bits per heavy atom. The van der Waals surface area contributed by atoms with E-state index in [0.29, 0.717) is 6.61 Å². The van der Waals surface area contributed by atoms with Crippen LogP contribution in [-0.2, 0) is 24.5 Å². The zero-order valence-electron chi connectivity index (χ0n) is 22.3. The molecular formula is C25H35F3N2O5SSi. The van der Waals surface area contributed by atoms with Gasteiger partial charge >= 0.3 is 12.1 Å². The molecule has 0 spiro atoms. The van der Waals surface area contributed by atoms with Gasteiger partial charge in [0.15, 0.2) is 16.8 Å². The lowest BCUT2D eigenvalue weighted by Gasteiger charge is -2.37. The summed E-state index contributed by atoms with van der Waals surface area (Å²) in [6.45, 7) is 10.5. The predicted molar refractivity (Wildman–Crippen MR) is 139 cm³/mol. The maximum atomic E-state index is 15.0. The SMILES string of the molecule is COC(=O)[C@]12CC1[C@@](CF)(c1cccc(F)c1F)N=C(N(COCC[Si](C)(C)C)C(=O)OC(C)(C)C)S2. The number of ether oxygens (including phenoxy) is 3. The molecule has 0 N–H and O–H groups in total. The van der Waals surface area contributed by atoms with Crippen molar-refractivity contribution >= 4 is 37.1 Å². The number of amides is 1. The van der Waals surface area contributed by atoms with E-state index in [0.717, 1.165) is 28.8 Å². The summed E-state index contributed by atoms with van der Waals surface area (Å²) in [7, 11) is -0.240. The number of hydrogen-bond acceptors (Lipinski definition) is 7. The lowest BCUT2D eigenvalue weighted by Crippen LogP contribution is -2.48. The molecule has 12 heteroatoms. The molecule has 1 fully saturated rings. The van der Waals surface area contributed by atoms with Crippen molar-refractivity contribution in [2.24, 2.45) is 10.9 Å². The number of carbonyl (C=O) groups excluding carboxylic acids is 2. The minimum atomic E-state index is -1.94. The Kier molecular flexibility index (Phi) is 8.46. The van der Waals surface area contributed by atoms with Crippen LogP contribution in [0.3, 0.4) is 0 Å². The Hall–Kier alpha value is -2.05. The summed E-state index contributed by atoms with van der Waals surface area (Å²) < 4.78 is 59.3. The topological polar surface area (TPSA) is 77.4 Å². The molecule has 1 aliphatic heterocycles.